The first kappa shape index (κ1) is 10.4. The van der Waals surface area contributed by atoms with Crippen LogP contribution >= 0.6 is 0 Å². The molecule has 0 fully saturated rings. The summed E-state index contributed by atoms with van der Waals surface area (Å²) in [5.74, 6) is 1.13. The molecule has 2 N–H and O–H groups in total. The lowest BCUT2D eigenvalue weighted by molar-refractivity contribution is 0.354. The van der Waals surface area contributed by atoms with Crippen molar-refractivity contribution in [3.63, 3.8) is 0 Å². The molecule has 0 unspecified atom stereocenters. The lowest BCUT2D eigenvalue weighted by Gasteiger charge is -2.10. The molecular weight excluding hydrogens is 180 g/mol. The van der Waals surface area contributed by atoms with E-state index in [2.05, 4.69) is 6.07 Å². The molecule has 0 heterocycles. The predicted molar refractivity (Wildman–Crippen MR) is 52.2 cm³/mol. The van der Waals surface area contributed by atoms with Crippen LogP contribution in [0.1, 0.15) is 11.1 Å². The number of benzene rings is 1. The van der Waals surface area contributed by atoms with E-state index in [1.165, 1.54) is 7.11 Å². The van der Waals surface area contributed by atoms with Crippen molar-refractivity contribution in [2.75, 3.05) is 14.2 Å². The van der Waals surface area contributed by atoms with Crippen LogP contribution in [0.2, 0.25) is 0 Å². The van der Waals surface area contributed by atoms with E-state index in [1.807, 2.05) is 0 Å². The molecule has 0 bridgehead atoms. The number of rotatable bonds is 3. The highest BCUT2D eigenvalue weighted by atomic mass is 16.5. The smallest absolute Gasteiger partial charge is 0.162 e. The number of hydrogen-bond donors (Lipinski definition) is 1. The fourth-order valence-electron chi connectivity index (χ4n) is 1.19. The predicted octanol–water partition coefficient (Wildman–Crippen LogP) is 1.03. The zero-order valence-electron chi connectivity index (χ0n) is 8.20. The Morgan fingerprint density at radius 1 is 1.29 bits per heavy atom. The summed E-state index contributed by atoms with van der Waals surface area (Å²) >= 11 is 0. The van der Waals surface area contributed by atoms with E-state index in [1.54, 1.807) is 19.2 Å². The van der Waals surface area contributed by atoms with Crippen LogP contribution in [0.3, 0.4) is 0 Å². The molecule has 1 aromatic carbocycles. The van der Waals surface area contributed by atoms with Crippen LogP contribution in [0, 0.1) is 11.3 Å². The molecule has 0 amide bonds. The highest BCUT2D eigenvalue weighted by molar-refractivity contribution is 5.51. The average molecular weight is 192 g/mol. The molecule has 0 aliphatic rings. The molecule has 0 saturated heterocycles. The SMILES string of the molecule is COc1cc(C#N)c(CN)cc1OC. The largest absolute Gasteiger partial charge is 0.493 e. The second kappa shape index (κ2) is 4.49. The zero-order valence-corrected chi connectivity index (χ0v) is 8.20. The molecule has 0 aliphatic heterocycles. The summed E-state index contributed by atoms with van der Waals surface area (Å²) in [6.45, 7) is 0.309. The lowest BCUT2D eigenvalue weighted by atomic mass is 10.1. The Morgan fingerprint density at radius 2 is 1.86 bits per heavy atom. The molecule has 1 aromatic rings. The maximum Gasteiger partial charge on any atom is 0.162 e. The number of methoxy groups -OCH3 is 2. The van der Waals surface area contributed by atoms with E-state index in [9.17, 15) is 0 Å². The Balaban J connectivity index is 3.30. The fraction of sp³-hybridized carbons (Fsp3) is 0.300. The highest BCUT2D eigenvalue weighted by Crippen LogP contribution is 2.29. The molecule has 0 radical (unpaired) electrons. The molecular formula is C10H12N2O2. The second-order valence-electron chi connectivity index (χ2n) is 2.68. The summed E-state index contributed by atoms with van der Waals surface area (Å²) in [5, 5.41) is 8.83. The van der Waals surface area contributed by atoms with Gasteiger partial charge in [0.1, 0.15) is 0 Å². The van der Waals surface area contributed by atoms with Gasteiger partial charge in [0.25, 0.3) is 0 Å². The van der Waals surface area contributed by atoms with Crippen LogP contribution in [-0.4, -0.2) is 14.2 Å². The third-order valence-corrected chi connectivity index (χ3v) is 1.95. The van der Waals surface area contributed by atoms with Crippen molar-refractivity contribution in [2.24, 2.45) is 5.73 Å². The maximum absolute atomic E-state index is 8.83. The molecule has 74 valence electrons. The molecule has 4 heteroatoms. The first-order valence-electron chi connectivity index (χ1n) is 4.11. The summed E-state index contributed by atoms with van der Waals surface area (Å²) in [4.78, 5) is 0. The fourth-order valence-corrected chi connectivity index (χ4v) is 1.19. The Bertz CT molecular complexity index is 369. The topological polar surface area (TPSA) is 68.3 Å². The van der Waals surface area contributed by atoms with Gasteiger partial charge in [-0.2, -0.15) is 5.26 Å². The third-order valence-electron chi connectivity index (χ3n) is 1.95. The van der Waals surface area contributed by atoms with Gasteiger partial charge in [-0.15, -0.1) is 0 Å². The quantitative estimate of drug-likeness (QED) is 0.776. The summed E-state index contributed by atoms with van der Waals surface area (Å²) in [7, 11) is 3.07. The number of nitriles is 1. The Morgan fingerprint density at radius 3 is 2.29 bits per heavy atom. The van der Waals surface area contributed by atoms with Gasteiger partial charge in [0.05, 0.1) is 25.9 Å². The van der Waals surface area contributed by atoms with Gasteiger partial charge in [0.15, 0.2) is 11.5 Å². The van der Waals surface area contributed by atoms with E-state index in [0.29, 0.717) is 23.6 Å². The molecule has 0 saturated carbocycles. The summed E-state index contributed by atoms with van der Waals surface area (Å²) in [5.41, 5.74) is 6.77. The minimum absolute atomic E-state index is 0.309. The Hall–Kier alpha value is -1.73. The van der Waals surface area contributed by atoms with Crippen molar-refractivity contribution in [3.8, 4) is 17.6 Å². The third kappa shape index (κ3) is 1.78. The van der Waals surface area contributed by atoms with Crippen LogP contribution < -0.4 is 15.2 Å². The van der Waals surface area contributed by atoms with Gasteiger partial charge in [-0.1, -0.05) is 0 Å². The van der Waals surface area contributed by atoms with Crippen LogP contribution in [0.4, 0.5) is 0 Å². The minimum Gasteiger partial charge on any atom is -0.493 e. The van der Waals surface area contributed by atoms with Gasteiger partial charge in [-0.25, -0.2) is 0 Å². The van der Waals surface area contributed by atoms with Gasteiger partial charge in [0.2, 0.25) is 0 Å². The lowest BCUT2D eigenvalue weighted by Crippen LogP contribution is -2.01. The van der Waals surface area contributed by atoms with E-state index in [4.69, 9.17) is 20.5 Å². The van der Waals surface area contributed by atoms with Gasteiger partial charge in [0, 0.05) is 12.6 Å². The zero-order chi connectivity index (χ0) is 10.6. The van der Waals surface area contributed by atoms with Crippen molar-refractivity contribution < 1.29 is 9.47 Å². The first-order chi connectivity index (χ1) is 6.76. The van der Waals surface area contributed by atoms with Crippen molar-refractivity contribution in [2.45, 2.75) is 6.54 Å². The molecule has 0 spiro atoms. The van der Waals surface area contributed by atoms with Crippen LogP contribution in [0.25, 0.3) is 0 Å². The van der Waals surface area contributed by atoms with Crippen LogP contribution in [0.5, 0.6) is 11.5 Å². The Labute approximate surface area is 82.9 Å². The van der Waals surface area contributed by atoms with Gasteiger partial charge in [-0.05, 0) is 11.6 Å². The number of ether oxygens (including phenoxy) is 2. The molecule has 0 atom stereocenters. The van der Waals surface area contributed by atoms with Crippen molar-refractivity contribution >= 4 is 0 Å². The molecule has 1 rings (SSSR count). The van der Waals surface area contributed by atoms with Gasteiger partial charge >= 0.3 is 0 Å². The molecule has 4 nitrogen and oxygen atoms in total. The average Bonchev–Trinajstić information content (AvgIpc) is 2.26. The highest BCUT2D eigenvalue weighted by Gasteiger charge is 2.09. The van der Waals surface area contributed by atoms with Crippen molar-refractivity contribution in [1.82, 2.24) is 0 Å². The monoisotopic (exact) mass is 192 g/mol. The summed E-state index contributed by atoms with van der Waals surface area (Å²) in [6, 6.07) is 5.40. The number of nitrogens with zero attached hydrogens (tertiary/aromatic N) is 1. The minimum atomic E-state index is 0.309. The first-order valence-corrected chi connectivity index (χ1v) is 4.11. The normalized spacial score (nSPS) is 9.29. The second-order valence-corrected chi connectivity index (χ2v) is 2.68. The summed E-state index contributed by atoms with van der Waals surface area (Å²) < 4.78 is 10.1. The van der Waals surface area contributed by atoms with Crippen LogP contribution in [0.15, 0.2) is 12.1 Å². The Kier molecular flexibility index (Phi) is 3.32. The number of nitrogens with two attached hydrogens (primary N) is 1. The van der Waals surface area contributed by atoms with Crippen molar-refractivity contribution in [1.29, 1.82) is 5.26 Å². The van der Waals surface area contributed by atoms with Crippen LogP contribution in [-0.2, 0) is 6.54 Å². The summed E-state index contributed by atoms with van der Waals surface area (Å²) in [6.07, 6.45) is 0. The molecule has 14 heavy (non-hydrogen) atoms. The molecule has 0 aliphatic carbocycles. The van der Waals surface area contributed by atoms with E-state index < -0.39 is 0 Å². The van der Waals surface area contributed by atoms with E-state index in [0.717, 1.165) is 5.56 Å². The maximum atomic E-state index is 8.83. The van der Waals surface area contributed by atoms with E-state index >= 15 is 0 Å². The molecule has 0 aromatic heterocycles. The number of hydrogen-bond acceptors (Lipinski definition) is 4. The van der Waals surface area contributed by atoms with Crippen molar-refractivity contribution in [3.05, 3.63) is 23.3 Å². The van der Waals surface area contributed by atoms with E-state index in [-0.39, 0.29) is 0 Å². The standard InChI is InChI=1S/C10H12N2O2/c1-13-9-3-7(5-11)8(6-12)4-10(9)14-2/h3-4H,5,11H2,1-2H3. The van der Waals surface area contributed by atoms with Gasteiger partial charge in [-0.3, -0.25) is 0 Å². The van der Waals surface area contributed by atoms with Gasteiger partial charge < -0.3 is 15.2 Å².